The van der Waals surface area contributed by atoms with E-state index in [1.165, 1.54) is 44.8 Å². The molecule has 0 saturated heterocycles. The molecule has 1 aliphatic rings. The summed E-state index contributed by atoms with van der Waals surface area (Å²) in [6.45, 7) is 5.20. The average molecular weight is 736 g/mol. The van der Waals surface area contributed by atoms with Gasteiger partial charge in [-0.3, -0.25) is 0 Å². The van der Waals surface area contributed by atoms with Gasteiger partial charge in [-0.1, -0.05) is 66.6 Å². The molecule has 0 N–H and O–H groups in total. The molecule has 203 valence electrons. The Morgan fingerprint density at radius 3 is 2.33 bits per heavy atom. The largest absolute Gasteiger partial charge is 0.304 e. The van der Waals surface area contributed by atoms with Crippen LogP contribution in [0.25, 0.3) is 42.7 Å². The van der Waals surface area contributed by atoms with Gasteiger partial charge in [-0.05, 0) is 64.3 Å². The van der Waals surface area contributed by atoms with Gasteiger partial charge in [0, 0.05) is 41.3 Å². The molecule has 0 bridgehead atoms. The standard InChI is InChI=1S/C23H22NSSi.C12H10N.Ir/c1-26(2,3)21-9-5-8-20-22(21)18-7-4-6-17(23(18)25-20)19-13-12-16(14-24-19)15-10-11-15;1-10-7-8-12(13-9-10)11-5-3-2-4-6-11;/h4-5,7-9,12-15H,10-11H2,1-3H3;2-5,7-9H,1H3;/q2*-1;/i;1D3;. The molecule has 1 fully saturated rings. The van der Waals surface area contributed by atoms with Crippen molar-refractivity contribution in [3.63, 3.8) is 0 Å². The molecule has 0 amide bonds. The third kappa shape index (κ3) is 6.03. The smallest absolute Gasteiger partial charge is 0.0783 e. The van der Waals surface area contributed by atoms with Crippen molar-refractivity contribution in [1.29, 1.82) is 0 Å². The van der Waals surface area contributed by atoms with E-state index in [2.05, 4.69) is 85.4 Å². The summed E-state index contributed by atoms with van der Waals surface area (Å²) in [5.74, 6) is 0.750. The van der Waals surface area contributed by atoms with Crippen LogP contribution in [0.1, 0.15) is 34.0 Å². The van der Waals surface area contributed by atoms with Gasteiger partial charge in [0.25, 0.3) is 0 Å². The van der Waals surface area contributed by atoms with Gasteiger partial charge in [0.1, 0.15) is 0 Å². The van der Waals surface area contributed by atoms with Crippen LogP contribution in [0, 0.1) is 19.0 Å². The molecule has 0 spiro atoms. The van der Waals surface area contributed by atoms with Crippen molar-refractivity contribution >= 4 is 44.8 Å². The summed E-state index contributed by atoms with van der Waals surface area (Å²) < 4.78 is 24.4. The molecule has 1 aliphatic carbocycles. The van der Waals surface area contributed by atoms with Crippen LogP contribution < -0.4 is 5.19 Å². The van der Waals surface area contributed by atoms with Gasteiger partial charge in [-0.2, -0.15) is 11.3 Å². The SMILES string of the molecule is C[Si](C)(C)c1cccc2sc3c(-c4ccc(C5CC5)cn4)[c-]ccc3c12.[2H]C([2H])([2H])c1ccc(-c2[c-]cccc2)nc1.[Ir]. The second kappa shape index (κ2) is 11.9. The predicted octanol–water partition coefficient (Wildman–Crippen LogP) is 9.19. The van der Waals surface area contributed by atoms with E-state index in [1.807, 2.05) is 29.5 Å². The molecule has 0 aliphatic heterocycles. The molecule has 3 aromatic heterocycles. The fourth-order valence-electron chi connectivity index (χ4n) is 4.92. The van der Waals surface area contributed by atoms with Crippen molar-refractivity contribution in [3.05, 3.63) is 115 Å². The van der Waals surface area contributed by atoms with Gasteiger partial charge in [-0.15, -0.1) is 59.7 Å². The molecule has 3 aromatic carbocycles. The van der Waals surface area contributed by atoms with Crippen LogP contribution in [0.15, 0.2) is 91.3 Å². The molecule has 5 heteroatoms. The molecular formula is C35H32IrN2SSi-2. The van der Waals surface area contributed by atoms with E-state index in [0.29, 0.717) is 0 Å². The maximum Gasteiger partial charge on any atom is 0.0783 e. The first-order chi connectivity index (χ1) is 20.1. The van der Waals surface area contributed by atoms with Crippen molar-refractivity contribution in [2.24, 2.45) is 0 Å². The Hall–Kier alpha value is -2.95. The maximum atomic E-state index is 7.23. The van der Waals surface area contributed by atoms with Gasteiger partial charge in [-0.25, -0.2) is 0 Å². The number of aromatic nitrogens is 2. The van der Waals surface area contributed by atoms with E-state index in [4.69, 9.17) is 9.10 Å². The second-order valence-corrected chi connectivity index (χ2v) is 17.2. The Kier molecular flexibility index (Phi) is 7.37. The summed E-state index contributed by atoms with van der Waals surface area (Å²) in [6.07, 6.45) is 6.10. The fourth-order valence-corrected chi connectivity index (χ4v) is 7.86. The third-order valence-corrected chi connectivity index (χ3v) is 10.3. The van der Waals surface area contributed by atoms with Gasteiger partial charge in [0.05, 0.1) is 8.07 Å². The summed E-state index contributed by atoms with van der Waals surface area (Å²) in [5.41, 5.74) is 5.42. The van der Waals surface area contributed by atoms with Crippen molar-refractivity contribution in [2.45, 2.75) is 45.3 Å². The number of nitrogens with zero attached hydrogens (tertiary/aromatic N) is 2. The number of benzene rings is 3. The molecule has 40 heavy (non-hydrogen) atoms. The van der Waals surface area contributed by atoms with Crippen molar-refractivity contribution in [2.75, 3.05) is 0 Å². The normalized spacial score (nSPS) is 14.4. The topological polar surface area (TPSA) is 25.8 Å². The first-order valence-electron chi connectivity index (χ1n) is 14.9. The molecule has 7 rings (SSSR count). The minimum absolute atomic E-state index is 0. The van der Waals surface area contributed by atoms with Crippen LogP contribution in [0.3, 0.4) is 0 Å². The molecule has 1 saturated carbocycles. The van der Waals surface area contributed by atoms with Crippen molar-refractivity contribution < 1.29 is 24.2 Å². The summed E-state index contributed by atoms with van der Waals surface area (Å²) in [7, 11) is -1.41. The van der Waals surface area contributed by atoms with E-state index in [1.54, 1.807) is 23.4 Å². The molecule has 6 aromatic rings. The fraction of sp³-hybridized carbons (Fsp3) is 0.200. The van der Waals surface area contributed by atoms with Gasteiger partial charge in [0.2, 0.25) is 0 Å². The van der Waals surface area contributed by atoms with E-state index >= 15 is 0 Å². The zero-order valence-electron chi connectivity index (χ0n) is 25.8. The molecule has 1 radical (unpaired) electrons. The number of fused-ring (bicyclic) bond motifs is 3. The molecular weight excluding hydrogens is 701 g/mol. The Bertz CT molecular complexity index is 1840. The van der Waals surface area contributed by atoms with E-state index in [-0.39, 0.29) is 25.7 Å². The minimum atomic E-state index is -2.09. The van der Waals surface area contributed by atoms with Crippen LogP contribution in [0.5, 0.6) is 0 Å². The number of rotatable bonds is 4. The third-order valence-electron chi connectivity index (χ3n) is 7.10. The number of thiophene rings is 1. The Labute approximate surface area is 260 Å². The van der Waals surface area contributed by atoms with Crippen molar-refractivity contribution in [1.82, 2.24) is 9.97 Å². The van der Waals surface area contributed by atoms with Crippen molar-refractivity contribution in [3.8, 4) is 22.5 Å². The average Bonchev–Trinajstić information content (AvgIpc) is 3.77. The molecule has 0 atom stereocenters. The van der Waals surface area contributed by atoms with Gasteiger partial charge >= 0.3 is 0 Å². The first kappa shape index (κ1) is 24.8. The monoisotopic (exact) mass is 736 g/mol. The predicted molar refractivity (Wildman–Crippen MR) is 170 cm³/mol. The molecule has 2 nitrogen and oxygen atoms in total. The van der Waals surface area contributed by atoms with Crippen LogP contribution in [-0.2, 0) is 20.1 Å². The number of hydrogen-bond donors (Lipinski definition) is 0. The molecule has 3 heterocycles. The number of aryl methyl sites for hydroxylation is 1. The number of pyridine rings is 2. The van der Waals surface area contributed by atoms with E-state index < -0.39 is 14.9 Å². The molecule has 0 unspecified atom stereocenters. The van der Waals surface area contributed by atoms with Crippen LogP contribution in [0.2, 0.25) is 19.6 Å². The van der Waals surface area contributed by atoms with Gasteiger partial charge < -0.3 is 9.97 Å². The van der Waals surface area contributed by atoms with Gasteiger partial charge in [0.15, 0.2) is 0 Å². The van der Waals surface area contributed by atoms with Crippen LogP contribution in [-0.4, -0.2) is 18.0 Å². The van der Waals surface area contributed by atoms with Crippen LogP contribution >= 0.6 is 11.3 Å². The zero-order chi connectivity index (χ0) is 29.5. The second-order valence-electron chi connectivity index (χ2n) is 11.1. The summed E-state index contributed by atoms with van der Waals surface area (Å²) >= 11 is 1.89. The summed E-state index contributed by atoms with van der Waals surface area (Å²) in [5, 5.41) is 4.37. The Morgan fingerprint density at radius 1 is 0.850 bits per heavy atom. The first-order valence-corrected chi connectivity index (χ1v) is 17.7. The van der Waals surface area contributed by atoms with E-state index in [9.17, 15) is 0 Å². The maximum absolute atomic E-state index is 7.23. The Balaban J connectivity index is 0.000000188. The minimum Gasteiger partial charge on any atom is -0.304 e. The zero-order valence-corrected chi connectivity index (χ0v) is 27.0. The quantitative estimate of drug-likeness (QED) is 0.133. The Morgan fingerprint density at radius 2 is 1.68 bits per heavy atom. The van der Waals surface area contributed by atoms with E-state index in [0.717, 1.165) is 28.4 Å². The summed E-state index contributed by atoms with van der Waals surface area (Å²) in [6, 6.07) is 32.8. The number of hydrogen-bond acceptors (Lipinski definition) is 3. The van der Waals surface area contributed by atoms with Crippen LogP contribution in [0.4, 0.5) is 0 Å². The summed E-state index contributed by atoms with van der Waals surface area (Å²) in [4.78, 5) is 8.91.